The molecule has 0 aromatic heterocycles. The normalized spacial score (nSPS) is 12.0. The van der Waals surface area contributed by atoms with Gasteiger partial charge in [-0.2, -0.15) is 0 Å². The first-order chi connectivity index (χ1) is 26.8. The second-order valence-electron chi connectivity index (χ2n) is 14.4. The van der Waals surface area contributed by atoms with Crippen molar-refractivity contribution >= 4 is 55.2 Å². The summed E-state index contributed by atoms with van der Waals surface area (Å²) in [7, 11) is 0. The monoisotopic (exact) mass is 682 g/mol. The Kier molecular flexibility index (Phi) is 6.97. The number of benzene rings is 10. The average Bonchev–Trinajstić information content (AvgIpc) is 3.57. The highest BCUT2D eigenvalue weighted by Crippen LogP contribution is 2.51. The van der Waals surface area contributed by atoms with Gasteiger partial charge in [-0.05, 0) is 116 Å². The summed E-state index contributed by atoms with van der Waals surface area (Å²) in [5.41, 5.74) is 15.2. The minimum absolute atomic E-state index is 1.18. The summed E-state index contributed by atoms with van der Waals surface area (Å²) in [6, 6.07) is 71.4. The van der Waals surface area contributed by atoms with E-state index in [1.807, 2.05) is 0 Å². The highest BCUT2D eigenvalue weighted by molar-refractivity contribution is 6.26. The molecule has 0 nitrogen and oxygen atoms in total. The second-order valence-corrected chi connectivity index (χ2v) is 14.4. The Hall–Kier alpha value is -7.02. The molecule has 0 aliphatic heterocycles. The molecule has 250 valence electrons. The van der Waals surface area contributed by atoms with Crippen LogP contribution in [0.15, 0.2) is 194 Å². The van der Waals surface area contributed by atoms with Crippen molar-refractivity contribution in [3.63, 3.8) is 0 Å². The zero-order valence-corrected chi connectivity index (χ0v) is 29.6. The lowest BCUT2D eigenvalue weighted by Gasteiger charge is -2.19. The fraction of sp³-hybridized carbons (Fsp3) is 0. The van der Waals surface area contributed by atoms with Crippen LogP contribution >= 0.6 is 0 Å². The van der Waals surface area contributed by atoms with Crippen LogP contribution in [0.2, 0.25) is 0 Å². The van der Waals surface area contributed by atoms with Gasteiger partial charge in [-0.1, -0.05) is 200 Å². The first-order valence-electron chi connectivity index (χ1n) is 18.8. The summed E-state index contributed by atoms with van der Waals surface area (Å²) in [5, 5.41) is 10.3. The Morgan fingerprint density at radius 3 is 1.37 bits per heavy atom. The van der Waals surface area contributed by atoms with Gasteiger partial charge in [-0.3, -0.25) is 0 Å². The molecule has 0 saturated heterocycles. The van der Waals surface area contributed by atoms with E-state index in [1.165, 1.54) is 110 Å². The van der Waals surface area contributed by atoms with Crippen molar-refractivity contribution < 1.29 is 0 Å². The molecule has 10 aromatic rings. The second kappa shape index (κ2) is 12.3. The van der Waals surface area contributed by atoms with E-state index in [1.54, 1.807) is 0 Å². The number of rotatable bonds is 5. The van der Waals surface area contributed by atoms with Crippen LogP contribution in [0.5, 0.6) is 0 Å². The molecule has 0 amide bonds. The van der Waals surface area contributed by atoms with Gasteiger partial charge in [-0.15, -0.1) is 0 Å². The van der Waals surface area contributed by atoms with Crippen molar-refractivity contribution in [2.24, 2.45) is 0 Å². The molecule has 0 unspecified atom stereocenters. The van der Waals surface area contributed by atoms with Crippen molar-refractivity contribution in [1.29, 1.82) is 0 Å². The van der Waals surface area contributed by atoms with Crippen LogP contribution in [0, 0.1) is 0 Å². The molecular formula is C54H34. The van der Waals surface area contributed by atoms with Crippen molar-refractivity contribution in [3.05, 3.63) is 205 Å². The van der Waals surface area contributed by atoms with E-state index < -0.39 is 0 Å². The van der Waals surface area contributed by atoms with Crippen LogP contribution in [0.1, 0.15) is 11.1 Å². The summed E-state index contributed by atoms with van der Waals surface area (Å²) in [6.45, 7) is 0. The highest BCUT2D eigenvalue weighted by atomic mass is 14.3. The van der Waals surface area contributed by atoms with Crippen molar-refractivity contribution in [2.75, 3.05) is 0 Å². The molecule has 1 aliphatic rings. The van der Waals surface area contributed by atoms with Gasteiger partial charge < -0.3 is 0 Å². The zero-order chi connectivity index (χ0) is 35.6. The van der Waals surface area contributed by atoms with E-state index in [-0.39, 0.29) is 0 Å². The van der Waals surface area contributed by atoms with Crippen LogP contribution in [0.25, 0.3) is 111 Å². The number of hydrogen-bond acceptors (Lipinski definition) is 0. The average molecular weight is 683 g/mol. The van der Waals surface area contributed by atoms with Crippen LogP contribution in [0.4, 0.5) is 0 Å². The third kappa shape index (κ3) is 4.85. The Labute approximate surface area is 314 Å². The standard InChI is InChI=1S/C54H34/c1-2-11-40-34-41(31-30-37(40)10-1)38-26-22-35(23-27-38)20-21-36-24-28-39(29-25-36)52-45-14-5-7-16-47(45)54(48-17-8-6-15-46(48)52)51-33-32-50-43-13-4-3-12-42(43)44-18-9-19-49(51)53(44)50/h1-34H/b21-20+. The van der Waals surface area contributed by atoms with Gasteiger partial charge in [0.25, 0.3) is 0 Å². The lowest BCUT2D eigenvalue weighted by Crippen LogP contribution is -1.92. The third-order valence-corrected chi connectivity index (χ3v) is 11.4. The molecule has 54 heavy (non-hydrogen) atoms. The summed E-state index contributed by atoms with van der Waals surface area (Å²) in [4.78, 5) is 0. The molecule has 0 spiro atoms. The molecule has 0 bridgehead atoms. The summed E-state index contributed by atoms with van der Waals surface area (Å²) in [5.74, 6) is 0. The summed E-state index contributed by atoms with van der Waals surface area (Å²) >= 11 is 0. The van der Waals surface area contributed by atoms with Gasteiger partial charge >= 0.3 is 0 Å². The molecule has 1 aliphatic carbocycles. The summed E-state index contributed by atoms with van der Waals surface area (Å²) in [6.07, 6.45) is 4.41. The molecular weight excluding hydrogens is 649 g/mol. The van der Waals surface area contributed by atoms with E-state index >= 15 is 0 Å². The minimum Gasteiger partial charge on any atom is -0.0616 e. The van der Waals surface area contributed by atoms with E-state index in [0.717, 1.165) is 0 Å². The van der Waals surface area contributed by atoms with E-state index in [2.05, 4.69) is 206 Å². The molecule has 10 aromatic carbocycles. The summed E-state index contributed by atoms with van der Waals surface area (Å²) < 4.78 is 0. The molecule has 0 radical (unpaired) electrons. The fourth-order valence-corrected chi connectivity index (χ4v) is 8.86. The Balaban J connectivity index is 0.969. The van der Waals surface area contributed by atoms with Gasteiger partial charge in [-0.25, -0.2) is 0 Å². The van der Waals surface area contributed by atoms with Crippen molar-refractivity contribution in [3.8, 4) is 55.6 Å². The molecule has 0 N–H and O–H groups in total. The maximum atomic E-state index is 2.36. The van der Waals surface area contributed by atoms with E-state index in [0.29, 0.717) is 0 Å². The maximum Gasteiger partial charge on any atom is -0.00201 e. The largest absolute Gasteiger partial charge is 0.0616 e. The number of fused-ring (bicyclic) bond motifs is 6. The van der Waals surface area contributed by atoms with Crippen LogP contribution in [-0.4, -0.2) is 0 Å². The van der Waals surface area contributed by atoms with Gasteiger partial charge in [0.15, 0.2) is 0 Å². The van der Waals surface area contributed by atoms with Crippen LogP contribution < -0.4 is 0 Å². The molecule has 0 atom stereocenters. The van der Waals surface area contributed by atoms with Gasteiger partial charge in [0, 0.05) is 0 Å². The first kappa shape index (κ1) is 30.6. The van der Waals surface area contributed by atoms with Crippen molar-refractivity contribution in [1.82, 2.24) is 0 Å². The molecule has 0 heteroatoms. The lowest BCUT2D eigenvalue weighted by atomic mass is 9.84. The predicted molar refractivity (Wildman–Crippen MR) is 233 cm³/mol. The van der Waals surface area contributed by atoms with E-state index in [4.69, 9.17) is 0 Å². The van der Waals surface area contributed by atoms with Crippen LogP contribution in [0.3, 0.4) is 0 Å². The lowest BCUT2D eigenvalue weighted by molar-refractivity contribution is 1.61. The molecule has 11 rings (SSSR count). The highest BCUT2D eigenvalue weighted by Gasteiger charge is 2.24. The van der Waals surface area contributed by atoms with Crippen LogP contribution in [-0.2, 0) is 0 Å². The molecule has 0 saturated carbocycles. The molecule has 0 fully saturated rings. The molecule has 0 heterocycles. The smallest absolute Gasteiger partial charge is 0.00201 e. The van der Waals surface area contributed by atoms with Crippen molar-refractivity contribution in [2.45, 2.75) is 0 Å². The Bertz CT molecular complexity index is 3040. The fourth-order valence-electron chi connectivity index (χ4n) is 8.86. The van der Waals surface area contributed by atoms with Gasteiger partial charge in [0.2, 0.25) is 0 Å². The number of hydrogen-bond donors (Lipinski definition) is 0. The van der Waals surface area contributed by atoms with Gasteiger partial charge in [0.1, 0.15) is 0 Å². The quantitative estimate of drug-likeness (QED) is 0.125. The van der Waals surface area contributed by atoms with E-state index in [9.17, 15) is 0 Å². The minimum atomic E-state index is 1.18. The predicted octanol–water partition coefficient (Wildman–Crippen LogP) is 15.1. The SMILES string of the molecule is C(=C\c1ccc(-c2c3ccccc3c(-c3ccc4c5c(cccc35)-c3ccccc3-4)c3ccccc23)cc1)/c1ccc(-c2ccc3ccccc3c2)cc1. The topological polar surface area (TPSA) is 0 Å². The Morgan fingerprint density at radius 2 is 0.722 bits per heavy atom. The van der Waals surface area contributed by atoms with Gasteiger partial charge in [0.05, 0.1) is 0 Å². The zero-order valence-electron chi connectivity index (χ0n) is 29.6. The third-order valence-electron chi connectivity index (χ3n) is 11.4. The maximum absolute atomic E-state index is 2.36. The Morgan fingerprint density at radius 1 is 0.259 bits per heavy atom. The first-order valence-corrected chi connectivity index (χ1v) is 18.8.